The number of hydrogen-bond acceptors (Lipinski definition) is 4. The molecule has 346 valence electrons. The minimum absolute atomic E-state index is 0. The Morgan fingerprint density at radius 2 is 0.817 bits per heavy atom. The van der Waals surface area contributed by atoms with Gasteiger partial charge in [-0.05, 0) is 132 Å². The maximum atomic E-state index is 9.61. The van der Waals surface area contributed by atoms with Crippen molar-refractivity contribution in [3.05, 3.63) is 176 Å². The van der Waals surface area contributed by atoms with Crippen molar-refractivity contribution in [2.24, 2.45) is 0 Å². The fourth-order valence-corrected chi connectivity index (χ4v) is 8.86. The standard InChI is InChI=1S/C64H58N6.Zn/c1-61(2,3)46-30-43(31-47(34-46)62(4,5)6)59-52-23-21-50(67-52)36-51-22-24-53(68-51)60(44-32-48(63(7,8)9)35-49(33-44)64(10,11)12)57-28-26-55(70-57)58(54-25-27-56(59)69-54)41-18-15-39(16-19-41)13-14-40-17-20-42(37-65)45(29-40)38-66;/h15-36H,1-12H3;/q-2;+2. The molecule has 8 bridgehead atoms. The predicted octanol–water partition coefficient (Wildman–Crippen LogP) is 15.2. The van der Waals surface area contributed by atoms with Gasteiger partial charge in [-0.15, -0.1) is 22.1 Å². The summed E-state index contributed by atoms with van der Waals surface area (Å²) in [6.07, 6.45) is 8.41. The van der Waals surface area contributed by atoms with Crippen LogP contribution in [0.4, 0.5) is 0 Å². The van der Waals surface area contributed by atoms with E-state index in [9.17, 15) is 10.5 Å². The van der Waals surface area contributed by atoms with Crippen molar-refractivity contribution >= 4 is 46.4 Å². The fraction of sp³-hybridized carbons (Fsp3) is 0.250. The Morgan fingerprint density at radius 3 is 1.31 bits per heavy atom. The largest absolute Gasteiger partial charge is 2.00 e. The van der Waals surface area contributed by atoms with Crippen LogP contribution in [0, 0.1) is 34.5 Å². The van der Waals surface area contributed by atoms with E-state index in [0.29, 0.717) is 16.7 Å². The van der Waals surface area contributed by atoms with E-state index in [2.05, 4.69) is 210 Å². The van der Waals surface area contributed by atoms with E-state index in [1.165, 1.54) is 22.3 Å². The second-order valence-electron chi connectivity index (χ2n) is 22.6. The number of rotatable bonds is 3. The monoisotopic (exact) mass is 974 g/mol. The van der Waals surface area contributed by atoms with Gasteiger partial charge in [-0.3, -0.25) is 0 Å². The SMILES string of the molecule is CC(C)(C)c1cc(-c2c3nc(c(-c4ccc(C#Cc5ccc(C#N)c(C#N)c5)cc4)c4ccc([n-]4)c(-c4cc(C(C)(C)C)cc(C(C)(C)C)c4)c4nc(cc5ccc2[n-]5)C=C4)C=C3)cc(C(C)(C)C)c1.[Zn+2]. The number of fused-ring (bicyclic) bond motifs is 8. The van der Waals surface area contributed by atoms with Gasteiger partial charge in [0.15, 0.2) is 0 Å². The van der Waals surface area contributed by atoms with Crippen molar-refractivity contribution in [2.75, 3.05) is 0 Å². The Labute approximate surface area is 432 Å². The second kappa shape index (κ2) is 18.8. The number of nitriles is 2. The van der Waals surface area contributed by atoms with Gasteiger partial charge in [0.2, 0.25) is 0 Å². The fourth-order valence-electron chi connectivity index (χ4n) is 8.86. The van der Waals surface area contributed by atoms with E-state index in [-0.39, 0.29) is 41.1 Å². The molecule has 71 heavy (non-hydrogen) atoms. The second-order valence-corrected chi connectivity index (χ2v) is 22.6. The Morgan fingerprint density at radius 1 is 0.394 bits per heavy atom. The Bertz CT molecular complexity index is 3510. The molecule has 0 amide bonds. The van der Waals surface area contributed by atoms with E-state index in [1.807, 2.05) is 12.1 Å². The molecule has 2 aliphatic rings. The van der Waals surface area contributed by atoms with Crippen molar-refractivity contribution in [2.45, 2.75) is 105 Å². The van der Waals surface area contributed by atoms with Crippen molar-refractivity contribution in [3.63, 3.8) is 0 Å². The molecule has 6 nitrogen and oxygen atoms in total. The molecule has 0 radical (unpaired) electrons. The van der Waals surface area contributed by atoms with Crippen molar-refractivity contribution < 1.29 is 19.5 Å². The number of benzene rings is 4. The van der Waals surface area contributed by atoms with Crippen LogP contribution < -0.4 is 9.97 Å². The summed E-state index contributed by atoms with van der Waals surface area (Å²) in [6, 6.07) is 41.8. The molecular formula is C64H58N6Zn. The smallest absolute Gasteiger partial charge is 0.657 e. The van der Waals surface area contributed by atoms with Crippen LogP contribution >= 0.6 is 0 Å². The summed E-state index contributed by atoms with van der Waals surface area (Å²) < 4.78 is 0. The number of hydrogen-bond donors (Lipinski definition) is 0. The molecule has 0 atom stereocenters. The third-order valence-electron chi connectivity index (χ3n) is 13.1. The first-order valence-electron chi connectivity index (χ1n) is 24.0. The number of aromatic nitrogens is 4. The zero-order chi connectivity index (χ0) is 49.9. The van der Waals surface area contributed by atoms with Gasteiger partial charge in [-0.2, -0.15) is 10.5 Å². The van der Waals surface area contributed by atoms with Gasteiger partial charge in [0.1, 0.15) is 12.1 Å². The first-order valence-corrected chi connectivity index (χ1v) is 24.0. The van der Waals surface area contributed by atoms with Crippen LogP contribution in [0.15, 0.2) is 109 Å². The summed E-state index contributed by atoms with van der Waals surface area (Å²) in [4.78, 5) is 21.7. The van der Waals surface area contributed by atoms with Gasteiger partial charge in [-0.25, -0.2) is 9.97 Å². The summed E-state index contributed by atoms with van der Waals surface area (Å²) >= 11 is 0. The van der Waals surface area contributed by atoms with Crippen molar-refractivity contribution in [1.29, 1.82) is 10.5 Å². The molecule has 0 spiro atoms. The summed E-state index contributed by atoms with van der Waals surface area (Å²) in [5.74, 6) is 6.45. The van der Waals surface area contributed by atoms with Crippen LogP contribution in [0.2, 0.25) is 0 Å². The first-order chi connectivity index (χ1) is 33.0. The first kappa shape index (κ1) is 50.0. The van der Waals surface area contributed by atoms with Gasteiger partial charge in [0, 0.05) is 11.1 Å². The molecule has 3 aromatic heterocycles. The van der Waals surface area contributed by atoms with Crippen LogP contribution in [0.25, 0.3) is 79.8 Å². The van der Waals surface area contributed by atoms with Gasteiger partial charge in [0.05, 0.1) is 33.9 Å². The molecular weight excluding hydrogens is 918 g/mol. The van der Waals surface area contributed by atoms with Crippen LogP contribution in [0.1, 0.15) is 150 Å². The Balaban J connectivity index is 0.00000676. The average molecular weight is 977 g/mol. The van der Waals surface area contributed by atoms with E-state index in [0.717, 1.165) is 83.8 Å². The number of nitrogens with zero attached hydrogens (tertiary/aromatic N) is 6. The van der Waals surface area contributed by atoms with Crippen LogP contribution in [0.3, 0.4) is 0 Å². The molecule has 9 rings (SSSR count). The molecule has 7 heteroatoms. The van der Waals surface area contributed by atoms with Crippen LogP contribution in [0.5, 0.6) is 0 Å². The quantitative estimate of drug-likeness (QED) is 0.129. The molecule has 7 aromatic rings. The van der Waals surface area contributed by atoms with Crippen LogP contribution in [-0.4, -0.2) is 9.97 Å². The van der Waals surface area contributed by atoms with E-state index in [1.54, 1.807) is 18.2 Å². The van der Waals surface area contributed by atoms with Crippen molar-refractivity contribution in [1.82, 2.24) is 19.9 Å². The molecule has 0 saturated heterocycles. The third kappa shape index (κ3) is 10.4. The molecule has 2 aliphatic heterocycles. The van der Waals surface area contributed by atoms with Gasteiger partial charge >= 0.3 is 19.5 Å². The Kier molecular flexibility index (Phi) is 13.2. The van der Waals surface area contributed by atoms with Gasteiger partial charge in [-0.1, -0.05) is 174 Å². The maximum absolute atomic E-state index is 9.61. The normalized spacial score (nSPS) is 12.4. The zero-order valence-corrected chi connectivity index (χ0v) is 46.1. The third-order valence-corrected chi connectivity index (χ3v) is 13.1. The molecule has 0 N–H and O–H groups in total. The Hall–Kier alpha value is -7.36. The van der Waals surface area contributed by atoms with Crippen LogP contribution in [-0.2, 0) is 41.1 Å². The maximum Gasteiger partial charge on any atom is 2.00 e. The molecule has 5 heterocycles. The summed E-state index contributed by atoms with van der Waals surface area (Å²) in [6.45, 7) is 27.2. The molecule has 0 saturated carbocycles. The summed E-state index contributed by atoms with van der Waals surface area (Å²) in [7, 11) is 0. The molecule has 4 aromatic carbocycles. The van der Waals surface area contributed by atoms with E-state index in [4.69, 9.17) is 19.9 Å². The van der Waals surface area contributed by atoms with E-state index >= 15 is 0 Å². The average Bonchev–Trinajstić information content (AvgIpc) is 4.15. The predicted molar refractivity (Wildman–Crippen MR) is 290 cm³/mol. The van der Waals surface area contributed by atoms with E-state index < -0.39 is 0 Å². The minimum atomic E-state index is -0.0997. The topological polar surface area (TPSA) is 102 Å². The zero-order valence-electron chi connectivity index (χ0n) is 43.1. The molecule has 0 fully saturated rings. The van der Waals surface area contributed by atoms with Gasteiger partial charge in [0.25, 0.3) is 0 Å². The molecule has 0 aliphatic carbocycles. The summed E-state index contributed by atoms with van der Waals surface area (Å²) in [5.41, 5.74) is 19.1. The minimum Gasteiger partial charge on any atom is -0.657 e. The van der Waals surface area contributed by atoms with Gasteiger partial charge < -0.3 is 9.97 Å². The molecule has 0 unspecified atom stereocenters. The van der Waals surface area contributed by atoms with Crippen molar-refractivity contribution in [3.8, 4) is 57.4 Å². The summed E-state index contributed by atoms with van der Waals surface area (Å²) in [5, 5.41) is 19.0.